The summed E-state index contributed by atoms with van der Waals surface area (Å²) in [6, 6.07) is 13.0. The molecular weight excluding hydrogens is 494 g/mol. The zero-order valence-electron chi connectivity index (χ0n) is 20.9. The van der Waals surface area contributed by atoms with Gasteiger partial charge in [0.1, 0.15) is 0 Å². The first-order valence-electron chi connectivity index (χ1n) is 12.4. The quantitative estimate of drug-likeness (QED) is 0.483. The Bertz CT molecular complexity index is 1340. The molecule has 10 nitrogen and oxygen atoms in total. The van der Waals surface area contributed by atoms with Crippen molar-refractivity contribution in [3.8, 4) is 0 Å². The number of rotatable bonds is 6. The fraction of sp³-hybridized carbons (Fsp3) is 0.423. The third kappa shape index (κ3) is 4.80. The summed E-state index contributed by atoms with van der Waals surface area (Å²) in [6.45, 7) is 6.59. The molecule has 3 N–H and O–H groups in total. The molecule has 0 saturated carbocycles. The van der Waals surface area contributed by atoms with Gasteiger partial charge < -0.3 is 15.5 Å². The van der Waals surface area contributed by atoms with E-state index in [1.165, 1.54) is 0 Å². The van der Waals surface area contributed by atoms with Gasteiger partial charge in [0.05, 0.1) is 22.4 Å². The fourth-order valence-corrected chi connectivity index (χ4v) is 6.94. The van der Waals surface area contributed by atoms with Crippen LogP contribution in [0.5, 0.6) is 0 Å². The van der Waals surface area contributed by atoms with Crippen molar-refractivity contribution in [2.75, 3.05) is 36.8 Å². The third-order valence-electron chi connectivity index (χ3n) is 7.17. The minimum Gasteiger partial charge on any atom is -0.365 e. The molecule has 3 aliphatic heterocycles. The maximum absolute atomic E-state index is 13.1. The van der Waals surface area contributed by atoms with Crippen molar-refractivity contribution >= 4 is 33.4 Å². The molecule has 2 saturated heterocycles. The van der Waals surface area contributed by atoms with Crippen molar-refractivity contribution in [3.63, 3.8) is 0 Å². The topological polar surface area (TPSA) is 128 Å². The van der Waals surface area contributed by atoms with Crippen molar-refractivity contribution in [2.45, 2.75) is 36.9 Å². The highest BCUT2D eigenvalue weighted by molar-refractivity contribution is 7.91. The van der Waals surface area contributed by atoms with Gasteiger partial charge in [0.25, 0.3) is 11.8 Å². The van der Waals surface area contributed by atoms with Crippen LogP contribution in [0.25, 0.3) is 0 Å². The van der Waals surface area contributed by atoms with Crippen molar-refractivity contribution < 1.29 is 22.8 Å². The summed E-state index contributed by atoms with van der Waals surface area (Å²) in [6.07, 6.45) is 0. The first kappa shape index (κ1) is 25.2. The standard InChI is InChI=1S/C26H31N5O5S/c1-17(2)13-30-15-22(26(16-30)24(33)28-25(34)29-26)27-23(32)19-9-7-18(8-10-19)14-31-11-12-37(35,36)21-6-4-3-5-20(21)31/h3-10,17,22H,11-16H2,1-2H3,(H,27,32)(H2,28,29,33,34). The molecule has 0 bridgehead atoms. The number of likely N-dealkylation sites (tertiary alicyclic amines) is 1. The second-order valence-corrected chi connectivity index (χ2v) is 12.5. The molecule has 0 radical (unpaired) electrons. The lowest BCUT2D eigenvalue weighted by Gasteiger charge is -2.31. The number of benzene rings is 2. The smallest absolute Gasteiger partial charge is 0.322 e. The number of nitrogens with one attached hydrogen (secondary N) is 3. The first-order valence-corrected chi connectivity index (χ1v) is 14.0. The molecule has 4 amide bonds. The van der Waals surface area contributed by atoms with Crippen molar-refractivity contribution in [2.24, 2.45) is 5.92 Å². The number of anilines is 1. The van der Waals surface area contributed by atoms with Crippen molar-refractivity contribution in [1.82, 2.24) is 20.9 Å². The van der Waals surface area contributed by atoms with Gasteiger partial charge in [-0.2, -0.15) is 0 Å². The van der Waals surface area contributed by atoms with Crippen LogP contribution in [-0.2, 0) is 21.2 Å². The highest BCUT2D eigenvalue weighted by Gasteiger charge is 2.57. The number of hydrogen-bond donors (Lipinski definition) is 3. The molecule has 2 atom stereocenters. The largest absolute Gasteiger partial charge is 0.365 e. The molecule has 5 rings (SSSR count). The maximum atomic E-state index is 13.1. The summed E-state index contributed by atoms with van der Waals surface area (Å²) < 4.78 is 24.8. The van der Waals surface area contributed by atoms with Gasteiger partial charge in [0.15, 0.2) is 15.4 Å². The van der Waals surface area contributed by atoms with E-state index >= 15 is 0 Å². The Morgan fingerprint density at radius 3 is 2.54 bits per heavy atom. The van der Waals surface area contributed by atoms with Gasteiger partial charge in [-0.3, -0.25) is 19.8 Å². The Balaban J connectivity index is 1.29. The number of urea groups is 1. The Hall–Kier alpha value is -3.44. The number of carbonyl (C=O) groups excluding carboxylic acids is 3. The van der Waals surface area contributed by atoms with Gasteiger partial charge in [-0.15, -0.1) is 0 Å². The molecule has 3 aliphatic rings. The zero-order valence-corrected chi connectivity index (χ0v) is 21.7. The van der Waals surface area contributed by atoms with E-state index < -0.39 is 33.4 Å². The van der Waals surface area contributed by atoms with E-state index in [0.717, 1.165) is 12.1 Å². The monoisotopic (exact) mass is 525 g/mol. The van der Waals surface area contributed by atoms with E-state index in [2.05, 4.69) is 34.7 Å². The normalized spacial score (nSPS) is 24.7. The Labute approximate surface area is 216 Å². The second kappa shape index (κ2) is 9.46. The van der Waals surface area contributed by atoms with Crippen LogP contribution >= 0.6 is 0 Å². The summed E-state index contributed by atoms with van der Waals surface area (Å²) >= 11 is 0. The average Bonchev–Trinajstić information content (AvgIpc) is 3.32. The van der Waals surface area contributed by atoms with E-state index in [9.17, 15) is 22.8 Å². The highest BCUT2D eigenvalue weighted by Crippen LogP contribution is 2.31. The molecule has 0 aromatic heterocycles. The Morgan fingerprint density at radius 1 is 1.14 bits per heavy atom. The predicted molar refractivity (Wildman–Crippen MR) is 138 cm³/mol. The number of carbonyl (C=O) groups is 3. The second-order valence-electron chi connectivity index (χ2n) is 10.4. The van der Waals surface area contributed by atoms with Gasteiger partial charge in [0, 0.05) is 38.3 Å². The molecule has 196 valence electrons. The number of imide groups is 1. The van der Waals surface area contributed by atoms with E-state index in [4.69, 9.17) is 0 Å². The minimum atomic E-state index is -3.28. The summed E-state index contributed by atoms with van der Waals surface area (Å²) in [5, 5.41) is 8.04. The molecular formula is C26H31N5O5S. The Morgan fingerprint density at radius 2 is 1.86 bits per heavy atom. The summed E-state index contributed by atoms with van der Waals surface area (Å²) in [4.78, 5) is 42.3. The van der Waals surface area contributed by atoms with Crippen LogP contribution < -0.4 is 20.9 Å². The zero-order chi connectivity index (χ0) is 26.4. The minimum absolute atomic E-state index is 0.0611. The predicted octanol–water partition coefficient (Wildman–Crippen LogP) is 1.13. The van der Waals surface area contributed by atoms with Crippen LogP contribution in [-0.4, -0.2) is 74.7 Å². The maximum Gasteiger partial charge on any atom is 0.322 e. The van der Waals surface area contributed by atoms with Gasteiger partial charge in [-0.1, -0.05) is 38.1 Å². The van der Waals surface area contributed by atoms with Crippen LogP contribution in [0.4, 0.5) is 10.5 Å². The van der Waals surface area contributed by atoms with Crippen LogP contribution in [0.2, 0.25) is 0 Å². The molecule has 0 aliphatic carbocycles. The number of amides is 4. The van der Waals surface area contributed by atoms with E-state index in [-0.39, 0.29) is 11.7 Å². The molecule has 1 spiro atoms. The summed E-state index contributed by atoms with van der Waals surface area (Å²) in [7, 11) is -3.28. The third-order valence-corrected chi connectivity index (χ3v) is 8.90. The highest BCUT2D eigenvalue weighted by atomic mass is 32.2. The van der Waals surface area contributed by atoms with Crippen molar-refractivity contribution in [3.05, 3.63) is 59.7 Å². The Kier molecular flexibility index (Phi) is 6.45. The summed E-state index contributed by atoms with van der Waals surface area (Å²) in [5.74, 6) is -0.323. The van der Waals surface area contributed by atoms with Crippen molar-refractivity contribution in [1.29, 1.82) is 0 Å². The van der Waals surface area contributed by atoms with Crippen LogP contribution in [0, 0.1) is 5.92 Å². The van der Waals surface area contributed by atoms with E-state index in [1.807, 2.05) is 29.2 Å². The van der Waals surface area contributed by atoms with Crippen LogP contribution in [0.3, 0.4) is 0 Å². The molecule has 2 aromatic carbocycles. The lowest BCUT2D eigenvalue weighted by atomic mass is 9.93. The van der Waals surface area contributed by atoms with Crippen LogP contribution in [0.15, 0.2) is 53.4 Å². The molecule has 2 unspecified atom stereocenters. The molecule has 2 aromatic rings. The lowest BCUT2D eigenvalue weighted by Crippen LogP contribution is -2.62. The first-order chi connectivity index (χ1) is 17.6. The average molecular weight is 526 g/mol. The SMILES string of the molecule is CC(C)CN1CC(NC(=O)c2ccc(CN3CCS(=O)(=O)c4ccccc43)cc2)C2(C1)NC(=O)NC2=O. The van der Waals surface area contributed by atoms with Gasteiger partial charge in [-0.05, 0) is 35.7 Å². The van der Waals surface area contributed by atoms with Gasteiger partial charge in [0.2, 0.25) is 0 Å². The fourth-order valence-electron chi connectivity index (χ4n) is 5.46. The molecule has 11 heteroatoms. The number of hydrogen-bond acceptors (Lipinski definition) is 7. The number of para-hydroxylation sites is 1. The number of nitrogens with zero attached hydrogens (tertiary/aromatic N) is 2. The summed E-state index contributed by atoms with van der Waals surface area (Å²) in [5.41, 5.74) is 0.870. The number of fused-ring (bicyclic) bond motifs is 1. The number of sulfone groups is 1. The van der Waals surface area contributed by atoms with E-state index in [0.29, 0.717) is 48.2 Å². The van der Waals surface area contributed by atoms with Gasteiger partial charge in [-0.25, -0.2) is 13.2 Å². The molecule has 2 fully saturated rings. The van der Waals surface area contributed by atoms with Crippen LogP contribution in [0.1, 0.15) is 29.8 Å². The van der Waals surface area contributed by atoms with Gasteiger partial charge >= 0.3 is 6.03 Å². The lowest BCUT2D eigenvalue weighted by molar-refractivity contribution is -0.124. The molecule has 3 heterocycles. The van der Waals surface area contributed by atoms with E-state index in [1.54, 1.807) is 24.3 Å². The molecule has 37 heavy (non-hydrogen) atoms.